The van der Waals surface area contributed by atoms with Crippen molar-refractivity contribution in [1.29, 1.82) is 0 Å². The van der Waals surface area contributed by atoms with Crippen LogP contribution in [0.25, 0.3) is 11.1 Å². The highest BCUT2D eigenvalue weighted by Crippen LogP contribution is 2.49. The fourth-order valence-electron chi connectivity index (χ4n) is 3.94. The average molecular weight is 419 g/mol. The second kappa shape index (κ2) is 7.52. The Morgan fingerprint density at radius 1 is 0.767 bits per heavy atom. The van der Waals surface area contributed by atoms with Crippen molar-refractivity contribution in [2.75, 3.05) is 0 Å². The molecule has 0 radical (unpaired) electrons. The first-order valence-corrected chi connectivity index (χ1v) is 11.8. The number of fused-ring (bicyclic) bond motifs is 3. The lowest BCUT2D eigenvalue weighted by molar-refractivity contribution is 0.494. The number of benzene rings is 3. The fourth-order valence-corrected chi connectivity index (χ4v) is 5.14. The van der Waals surface area contributed by atoms with Gasteiger partial charge in [0.2, 0.25) is 0 Å². The van der Waals surface area contributed by atoms with E-state index in [4.69, 9.17) is 4.52 Å². The summed E-state index contributed by atoms with van der Waals surface area (Å²) in [4.78, 5) is 11.1. The Balaban J connectivity index is 1.92. The Hall–Kier alpha value is -2.15. The van der Waals surface area contributed by atoms with Gasteiger partial charge in [0.1, 0.15) is 5.75 Å². The normalized spacial score (nSPS) is 15.9. The van der Waals surface area contributed by atoms with Crippen molar-refractivity contribution < 1.29 is 9.42 Å². The topological polar surface area (TPSA) is 29.5 Å². The van der Waals surface area contributed by atoms with E-state index in [1.165, 1.54) is 16.7 Å². The molecule has 1 heterocycles. The lowest BCUT2D eigenvalue weighted by atomic mass is 9.82. The van der Waals surface area contributed by atoms with Gasteiger partial charge in [0, 0.05) is 5.56 Å². The van der Waals surface area contributed by atoms with E-state index in [2.05, 4.69) is 96.1 Å². The van der Waals surface area contributed by atoms with E-state index in [0.29, 0.717) is 0 Å². The van der Waals surface area contributed by atoms with Gasteiger partial charge in [-0.2, -0.15) is 0 Å². The van der Waals surface area contributed by atoms with Crippen molar-refractivity contribution in [2.24, 2.45) is 0 Å². The maximum Gasteiger partial charge on any atom is 0.263 e. The first kappa shape index (κ1) is 21.1. The Morgan fingerprint density at radius 2 is 1.43 bits per heavy atom. The summed E-state index contributed by atoms with van der Waals surface area (Å²) in [6.45, 7) is 13.3. The second-order valence-corrected chi connectivity index (χ2v) is 11.4. The highest BCUT2D eigenvalue weighted by Gasteiger charge is 2.31. The third-order valence-electron chi connectivity index (χ3n) is 5.81. The monoisotopic (exact) mass is 418 g/mol. The number of rotatable bonds is 2. The molecule has 156 valence electrons. The van der Waals surface area contributed by atoms with Crippen LogP contribution in [0.1, 0.15) is 63.8 Å². The van der Waals surface area contributed by atoms with E-state index in [-0.39, 0.29) is 10.8 Å². The molecule has 2 nitrogen and oxygen atoms in total. The van der Waals surface area contributed by atoms with Crippen molar-refractivity contribution in [3.8, 4) is 16.9 Å². The van der Waals surface area contributed by atoms with Gasteiger partial charge in [0.05, 0.1) is 5.30 Å². The smallest absolute Gasteiger partial charge is 0.263 e. The molecular formula is C27H31O2P. The molecule has 1 N–H and O–H groups in total. The van der Waals surface area contributed by atoms with E-state index in [1.807, 2.05) is 6.07 Å². The maximum absolute atomic E-state index is 11.1. The lowest BCUT2D eigenvalue weighted by Gasteiger charge is -2.31. The van der Waals surface area contributed by atoms with Gasteiger partial charge < -0.3 is 9.42 Å². The quantitative estimate of drug-likeness (QED) is 0.461. The van der Waals surface area contributed by atoms with Gasteiger partial charge in [-0.25, -0.2) is 0 Å². The zero-order valence-electron chi connectivity index (χ0n) is 18.8. The van der Waals surface area contributed by atoms with Crippen molar-refractivity contribution in [1.82, 2.24) is 0 Å². The molecule has 3 aromatic rings. The van der Waals surface area contributed by atoms with Crippen LogP contribution in [0.5, 0.6) is 5.75 Å². The molecule has 0 saturated carbocycles. The minimum atomic E-state index is -1.71. The van der Waals surface area contributed by atoms with E-state index in [9.17, 15) is 4.89 Å². The lowest BCUT2D eigenvalue weighted by Crippen LogP contribution is -2.23. The molecule has 0 amide bonds. The SMILES string of the molecule is CC(C)(C)c1ccc2c(c1)OP(O)c1c(Cc3ccccc3)cc(C(C)(C)C)cc1-2. The van der Waals surface area contributed by atoms with E-state index >= 15 is 0 Å². The molecule has 1 aliphatic heterocycles. The largest absolute Gasteiger partial charge is 0.443 e. The van der Waals surface area contributed by atoms with E-state index < -0.39 is 8.38 Å². The predicted octanol–water partition coefficient (Wildman–Crippen LogP) is 6.86. The van der Waals surface area contributed by atoms with Crippen LogP contribution in [0.3, 0.4) is 0 Å². The second-order valence-electron chi connectivity index (χ2n) is 10.3. The predicted molar refractivity (Wildman–Crippen MR) is 128 cm³/mol. The van der Waals surface area contributed by atoms with Crippen LogP contribution in [0.2, 0.25) is 0 Å². The van der Waals surface area contributed by atoms with Crippen LogP contribution in [-0.2, 0) is 17.3 Å². The van der Waals surface area contributed by atoms with Gasteiger partial charge >= 0.3 is 0 Å². The molecule has 0 fully saturated rings. The van der Waals surface area contributed by atoms with Gasteiger partial charge in [-0.05, 0) is 57.2 Å². The van der Waals surface area contributed by atoms with Crippen molar-refractivity contribution in [3.05, 3.63) is 82.9 Å². The highest BCUT2D eigenvalue weighted by molar-refractivity contribution is 7.56. The molecule has 0 aliphatic carbocycles. The summed E-state index contributed by atoms with van der Waals surface area (Å²) in [6.07, 6.45) is 0.783. The molecule has 4 rings (SSSR count). The van der Waals surface area contributed by atoms with Crippen LogP contribution in [0.4, 0.5) is 0 Å². The fraction of sp³-hybridized carbons (Fsp3) is 0.333. The molecule has 1 atom stereocenters. The maximum atomic E-state index is 11.1. The summed E-state index contributed by atoms with van der Waals surface area (Å²) in [5.41, 5.74) is 7.12. The first-order chi connectivity index (χ1) is 14.0. The summed E-state index contributed by atoms with van der Waals surface area (Å²) in [5, 5.41) is 0.956. The molecule has 0 bridgehead atoms. The molecule has 0 aromatic heterocycles. The zero-order valence-corrected chi connectivity index (χ0v) is 19.7. The Bertz CT molecular complexity index is 1070. The first-order valence-electron chi connectivity index (χ1n) is 10.6. The Morgan fingerprint density at radius 3 is 2.07 bits per heavy atom. The molecule has 3 aromatic carbocycles. The molecule has 0 saturated heterocycles. The van der Waals surface area contributed by atoms with Crippen molar-refractivity contribution >= 4 is 13.7 Å². The zero-order chi connectivity index (χ0) is 21.7. The van der Waals surface area contributed by atoms with E-state index in [0.717, 1.165) is 34.2 Å². The summed E-state index contributed by atoms with van der Waals surface area (Å²) in [6, 6.07) is 21.4. The molecule has 1 aliphatic rings. The molecule has 1 unspecified atom stereocenters. The summed E-state index contributed by atoms with van der Waals surface area (Å²) in [7, 11) is -1.71. The van der Waals surface area contributed by atoms with Gasteiger partial charge in [-0.15, -0.1) is 0 Å². The van der Waals surface area contributed by atoms with Crippen LogP contribution in [0, 0.1) is 0 Å². The summed E-state index contributed by atoms with van der Waals surface area (Å²) < 4.78 is 6.12. The third kappa shape index (κ3) is 4.04. The highest BCUT2D eigenvalue weighted by atomic mass is 31.2. The van der Waals surface area contributed by atoms with E-state index in [1.54, 1.807) is 0 Å². The van der Waals surface area contributed by atoms with Crippen LogP contribution >= 0.6 is 8.38 Å². The van der Waals surface area contributed by atoms with Gasteiger partial charge in [-0.1, -0.05) is 90.1 Å². The van der Waals surface area contributed by atoms with Crippen LogP contribution in [-0.4, -0.2) is 4.89 Å². The van der Waals surface area contributed by atoms with Crippen molar-refractivity contribution in [2.45, 2.75) is 58.8 Å². The standard InChI is InChI=1S/C27H31O2P/c1-26(2,3)20-12-13-22-23-16-21(27(4,5)6)15-19(14-18-10-8-7-9-11-18)25(23)30(28)29-24(22)17-20/h7-13,15-17,28H,14H2,1-6H3. The van der Waals surface area contributed by atoms with Crippen molar-refractivity contribution in [3.63, 3.8) is 0 Å². The van der Waals surface area contributed by atoms with Gasteiger partial charge in [-0.3, -0.25) is 0 Å². The molecule has 0 spiro atoms. The molecular weight excluding hydrogens is 387 g/mol. The Kier molecular flexibility index (Phi) is 5.29. The van der Waals surface area contributed by atoms with Gasteiger partial charge in [0.15, 0.2) is 0 Å². The van der Waals surface area contributed by atoms with Crippen LogP contribution < -0.4 is 9.83 Å². The molecule has 3 heteroatoms. The minimum absolute atomic E-state index is 0.0164. The average Bonchev–Trinajstić information content (AvgIpc) is 2.66. The van der Waals surface area contributed by atoms with Gasteiger partial charge in [0.25, 0.3) is 8.38 Å². The Labute approximate surface area is 181 Å². The van der Waals surface area contributed by atoms with Crippen LogP contribution in [0.15, 0.2) is 60.7 Å². The summed E-state index contributed by atoms with van der Waals surface area (Å²) >= 11 is 0. The molecule has 30 heavy (non-hydrogen) atoms. The third-order valence-corrected chi connectivity index (χ3v) is 7.09. The number of hydrogen-bond acceptors (Lipinski definition) is 2. The minimum Gasteiger partial charge on any atom is -0.443 e. The number of hydrogen-bond donors (Lipinski definition) is 1. The summed E-state index contributed by atoms with van der Waals surface area (Å²) in [5.74, 6) is 0.792.